The molecule has 2 rings (SSSR count). The highest BCUT2D eigenvalue weighted by atomic mass is 35.5. The van der Waals surface area contributed by atoms with Gasteiger partial charge in [0.25, 0.3) is 0 Å². The Labute approximate surface area is 144 Å². The van der Waals surface area contributed by atoms with Crippen molar-refractivity contribution in [1.82, 2.24) is 4.90 Å². The van der Waals surface area contributed by atoms with E-state index in [0.29, 0.717) is 16.5 Å². The average molecular weight is 379 g/mol. The fourth-order valence-corrected chi connectivity index (χ4v) is 4.62. The van der Waals surface area contributed by atoms with E-state index >= 15 is 0 Å². The highest BCUT2D eigenvalue weighted by Gasteiger charge is 2.34. The van der Waals surface area contributed by atoms with E-state index in [1.807, 2.05) is 0 Å². The van der Waals surface area contributed by atoms with Crippen LogP contribution < -0.4 is 5.32 Å². The van der Waals surface area contributed by atoms with Gasteiger partial charge in [-0.2, -0.15) is 0 Å². The molecule has 1 N–H and O–H groups in total. The van der Waals surface area contributed by atoms with Gasteiger partial charge in [-0.1, -0.05) is 29.3 Å². The third-order valence-electron chi connectivity index (χ3n) is 3.57. The summed E-state index contributed by atoms with van der Waals surface area (Å²) in [6.45, 7) is -0.211. The first-order valence-corrected chi connectivity index (χ1v) is 9.46. The second kappa shape index (κ2) is 7.07. The van der Waals surface area contributed by atoms with E-state index < -0.39 is 21.7 Å². The Bertz CT molecular complexity index is 716. The van der Waals surface area contributed by atoms with E-state index in [9.17, 15) is 18.0 Å². The maximum atomic E-state index is 12.2. The van der Waals surface area contributed by atoms with Crippen molar-refractivity contribution in [3.05, 3.63) is 28.2 Å². The average Bonchev–Trinajstić information content (AvgIpc) is 2.82. The van der Waals surface area contributed by atoms with Crippen molar-refractivity contribution >= 4 is 50.5 Å². The van der Waals surface area contributed by atoms with Gasteiger partial charge in [-0.15, -0.1) is 0 Å². The number of nitrogens with one attached hydrogen (secondary N) is 1. The highest BCUT2D eigenvalue weighted by Crippen LogP contribution is 2.29. The minimum atomic E-state index is -3.15. The van der Waals surface area contributed by atoms with Crippen molar-refractivity contribution in [2.75, 3.05) is 30.4 Å². The van der Waals surface area contributed by atoms with Gasteiger partial charge in [-0.3, -0.25) is 9.59 Å². The number of hydrogen-bond acceptors (Lipinski definition) is 4. The Morgan fingerprint density at radius 1 is 1.30 bits per heavy atom. The molecule has 1 aliphatic heterocycles. The van der Waals surface area contributed by atoms with Gasteiger partial charge >= 0.3 is 0 Å². The van der Waals surface area contributed by atoms with Gasteiger partial charge in [0, 0.05) is 7.05 Å². The number of likely N-dealkylation sites (N-methyl/N-ethyl adjacent to an activating group) is 1. The van der Waals surface area contributed by atoms with Crippen molar-refractivity contribution in [2.45, 2.75) is 6.42 Å². The molecule has 6 nitrogen and oxygen atoms in total. The van der Waals surface area contributed by atoms with Gasteiger partial charge in [0.05, 0.1) is 39.7 Å². The summed E-state index contributed by atoms with van der Waals surface area (Å²) in [5, 5.41) is 3.14. The molecule has 1 heterocycles. The van der Waals surface area contributed by atoms with Crippen molar-refractivity contribution in [3.63, 3.8) is 0 Å². The molecular formula is C14H16Cl2N2O4S. The lowest BCUT2D eigenvalue weighted by Gasteiger charge is -2.20. The maximum absolute atomic E-state index is 12.2. The van der Waals surface area contributed by atoms with Gasteiger partial charge in [0.15, 0.2) is 9.84 Å². The van der Waals surface area contributed by atoms with Gasteiger partial charge in [-0.05, 0) is 18.6 Å². The minimum Gasteiger partial charge on any atom is -0.336 e. The highest BCUT2D eigenvalue weighted by molar-refractivity contribution is 7.91. The van der Waals surface area contributed by atoms with E-state index in [0.717, 1.165) is 0 Å². The summed E-state index contributed by atoms with van der Waals surface area (Å²) in [5.74, 6) is -1.54. The van der Waals surface area contributed by atoms with Crippen LogP contribution >= 0.6 is 23.2 Å². The predicted molar refractivity (Wildman–Crippen MR) is 89.5 cm³/mol. The Morgan fingerprint density at radius 2 is 1.91 bits per heavy atom. The molecule has 0 radical (unpaired) electrons. The lowest BCUT2D eigenvalue weighted by Crippen LogP contribution is -2.39. The first kappa shape index (κ1) is 18.0. The molecule has 1 atom stereocenters. The molecule has 1 aromatic rings. The van der Waals surface area contributed by atoms with Crippen LogP contribution in [0.5, 0.6) is 0 Å². The number of nitrogens with zero attached hydrogens (tertiary/aromatic N) is 1. The van der Waals surface area contributed by atoms with Crippen LogP contribution in [-0.4, -0.2) is 50.2 Å². The van der Waals surface area contributed by atoms with E-state index in [-0.39, 0.29) is 29.6 Å². The molecule has 0 aromatic heterocycles. The quantitative estimate of drug-likeness (QED) is 0.865. The van der Waals surface area contributed by atoms with Crippen LogP contribution in [0, 0.1) is 5.92 Å². The monoisotopic (exact) mass is 378 g/mol. The molecule has 1 saturated heterocycles. The van der Waals surface area contributed by atoms with Crippen molar-refractivity contribution in [3.8, 4) is 0 Å². The second-order valence-corrected chi connectivity index (χ2v) is 8.48. The summed E-state index contributed by atoms with van der Waals surface area (Å²) in [6.07, 6.45) is 0.295. The molecule has 2 amide bonds. The number of anilines is 1. The zero-order valence-corrected chi connectivity index (χ0v) is 14.7. The third kappa shape index (κ3) is 4.59. The zero-order valence-electron chi connectivity index (χ0n) is 12.4. The van der Waals surface area contributed by atoms with Crippen molar-refractivity contribution in [1.29, 1.82) is 0 Å². The topological polar surface area (TPSA) is 83.6 Å². The predicted octanol–water partition coefficient (Wildman–Crippen LogP) is 1.82. The number of carbonyl (C=O) groups is 2. The summed E-state index contributed by atoms with van der Waals surface area (Å²) in [7, 11) is -1.69. The molecule has 9 heteroatoms. The minimum absolute atomic E-state index is 0.0126. The molecule has 0 bridgehead atoms. The van der Waals surface area contributed by atoms with E-state index in [2.05, 4.69) is 5.32 Å². The number of sulfone groups is 1. The Morgan fingerprint density at radius 3 is 2.43 bits per heavy atom. The molecule has 0 spiro atoms. The third-order valence-corrected chi connectivity index (χ3v) is 5.96. The van der Waals surface area contributed by atoms with Gasteiger partial charge in [0.2, 0.25) is 11.8 Å². The fourth-order valence-electron chi connectivity index (χ4n) is 2.39. The number of benzene rings is 1. The Balaban J connectivity index is 1.96. The van der Waals surface area contributed by atoms with Gasteiger partial charge < -0.3 is 10.2 Å². The maximum Gasteiger partial charge on any atom is 0.244 e. The molecule has 0 unspecified atom stereocenters. The van der Waals surface area contributed by atoms with Crippen molar-refractivity contribution < 1.29 is 18.0 Å². The lowest BCUT2D eigenvalue weighted by atomic mass is 10.1. The number of para-hydroxylation sites is 1. The standard InChI is InChI=1S/C14H16Cl2N2O4S/c1-18(14(20)9-5-6-23(21,22)8-9)7-12(19)17-13-10(15)3-2-4-11(13)16/h2-4,9H,5-8H2,1H3,(H,17,19)/t9-/m1/s1. The zero-order chi connectivity index (χ0) is 17.2. The van der Waals surface area contributed by atoms with E-state index in [1.165, 1.54) is 11.9 Å². The van der Waals surface area contributed by atoms with Crippen LogP contribution in [-0.2, 0) is 19.4 Å². The SMILES string of the molecule is CN(CC(=O)Nc1c(Cl)cccc1Cl)C(=O)[C@@H]1CCS(=O)(=O)C1. The van der Waals surface area contributed by atoms with Crippen molar-refractivity contribution in [2.24, 2.45) is 5.92 Å². The van der Waals surface area contributed by atoms with Crippen LogP contribution in [0.3, 0.4) is 0 Å². The molecule has 0 saturated carbocycles. The van der Waals surface area contributed by atoms with Crippen LogP contribution in [0.4, 0.5) is 5.69 Å². The normalized spacial score (nSPS) is 19.3. The molecule has 1 aliphatic rings. The first-order chi connectivity index (χ1) is 10.7. The summed E-state index contributed by atoms with van der Waals surface area (Å²) in [5.41, 5.74) is 0.283. The summed E-state index contributed by atoms with van der Waals surface area (Å²) >= 11 is 11.9. The fraction of sp³-hybridized carbons (Fsp3) is 0.429. The van der Waals surface area contributed by atoms with Crippen LogP contribution in [0.25, 0.3) is 0 Å². The number of halogens is 2. The molecule has 23 heavy (non-hydrogen) atoms. The summed E-state index contributed by atoms with van der Waals surface area (Å²) in [4.78, 5) is 25.4. The Kier molecular flexibility index (Phi) is 5.54. The molecule has 1 fully saturated rings. The molecular weight excluding hydrogens is 363 g/mol. The summed E-state index contributed by atoms with van der Waals surface area (Å²) in [6, 6.07) is 4.82. The van der Waals surface area contributed by atoms with Crippen LogP contribution in [0.2, 0.25) is 10.0 Å². The molecule has 126 valence electrons. The van der Waals surface area contributed by atoms with E-state index in [4.69, 9.17) is 23.2 Å². The number of hydrogen-bond donors (Lipinski definition) is 1. The number of rotatable bonds is 4. The summed E-state index contributed by atoms with van der Waals surface area (Å²) < 4.78 is 22.9. The number of amides is 2. The smallest absolute Gasteiger partial charge is 0.244 e. The van der Waals surface area contributed by atoms with Gasteiger partial charge in [0.1, 0.15) is 0 Å². The van der Waals surface area contributed by atoms with E-state index in [1.54, 1.807) is 18.2 Å². The molecule has 1 aromatic carbocycles. The van der Waals surface area contributed by atoms with Crippen LogP contribution in [0.1, 0.15) is 6.42 Å². The lowest BCUT2D eigenvalue weighted by molar-refractivity contribution is -0.136. The largest absolute Gasteiger partial charge is 0.336 e. The molecule has 0 aliphatic carbocycles. The second-order valence-electron chi connectivity index (χ2n) is 5.44. The van der Waals surface area contributed by atoms with Crippen LogP contribution in [0.15, 0.2) is 18.2 Å². The number of carbonyl (C=O) groups excluding carboxylic acids is 2. The Hall–Kier alpha value is -1.31. The first-order valence-electron chi connectivity index (χ1n) is 6.89. The van der Waals surface area contributed by atoms with Gasteiger partial charge in [-0.25, -0.2) is 8.42 Å².